The van der Waals surface area contributed by atoms with E-state index in [1.165, 1.54) is 5.56 Å². The summed E-state index contributed by atoms with van der Waals surface area (Å²) in [4.78, 5) is 0. The number of phenols is 6. The van der Waals surface area contributed by atoms with Gasteiger partial charge in [-0.25, -0.2) is 4.20 Å². The Balaban J connectivity index is 0.000000186. The van der Waals surface area contributed by atoms with Gasteiger partial charge in [0.1, 0.15) is 45.4 Å². The van der Waals surface area contributed by atoms with E-state index in [0.29, 0.717) is 22.4 Å². The zero-order chi connectivity index (χ0) is 66.4. The first-order valence-electron chi connectivity index (χ1n) is 30.9. The van der Waals surface area contributed by atoms with Crippen LogP contribution in [-0.2, 0) is 30.5 Å². The van der Waals surface area contributed by atoms with Crippen LogP contribution in [-0.4, -0.2) is 30.6 Å². The number of rotatable bonds is 10. The lowest BCUT2D eigenvalue weighted by Gasteiger charge is -2.41. The topological polar surface area (TPSA) is 178 Å². The molecule has 0 amide bonds. The number of aromatic hydroxyl groups is 6. The average molecular weight is 1320 g/mol. The first-order valence-corrected chi connectivity index (χ1v) is 33.7. The van der Waals surface area contributed by atoms with Gasteiger partial charge in [-0.05, 0) is 177 Å². The first kappa shape index (κ1) is 69.7. The van der Waals surface area contributed by atoms with Gasteiger partial charge < -0.3 is 35.2 Å². The van der Waals surface area contributed by atoms with E-state index >= 15 is 4.57 Å². The molecule has 1 aliphatic rings. The van der Waals surface area contributed by atoms with Crippen molar-refractivity contribution < 1.29 is 49.9 Å². The molecule has 0 spiro atoms. The number of hydrogen-bond donors (Lipinski definition) is 6. The van der Waals surface area contributed by atoms with Crippen molar-refractivity contribution in [2.24, 2.45) is 0 Å². The van der Waals surface area contributed by atoms with Gasteiger partial charge in [0.05, 0.1) is 5.30 Å². The van der Waals surface area contributed by atoms with Crippen molar-refractivity contribution in [2.45, 2.75) is 77.8 Å². The smallest absolute Gasteiger partial charge is 0.508 e. The Bertz CT molecular complexity index is 4820. The summed E-state index contributed by atoms with van der Waals surface area (Å²) < 4.78 is 39.3. The summed E-state index contributed by atoms with van der Waals surface area (Å²) in [5.41, 5.74) is 10.8. The maximum absolute atomic E-state index is 15.6. The van der Waals surface area contributed by atoms with E-state index in [9.17, 15) is 30.1 Å². The molecule has 0 radical (unpaired) electrons. The number of fused-ring (bicyclic) bond motifs is 6. The fraction of sp³-hybridized carbons (Fsp3) is 0.143. The molecule has 12 aromatic carbocycles. The Morgan fingerprint density at radius 3 is 1.08 bits per heavy atom. The second-order valence-corrected chi connectivity index (χ2v) is 28.5. The third kappa shape index (κ3) is 13.9. The highest BCUT2D eigenvalue weighted by atomic mass is 31.2. The van der Waals surface area contributed by atoms with Crippen LogP contribution in [0.25, 0.3) is 32.6 Å². The largest absolute Gasteiger partial charge is 0.597 e. The van der Waals surface area contributed by atoms with Crippen LogP contribution < -0.4 is 9.83 Å². The maximum Gasteiger partial charge on any atom is 0.597 e. The van der Waals surface area contributed by atoms with Crippen LogP contribution in [0.3, 0.4) is 0 Å². The zero-order valence-electron chi connectivity index (χ0n) is 53.0. The molecule has 13 aromatic rings. The van der Waals surface area contributed by atoms with Gasteiger partial charge in [-0.1, -0.05) is 237 Å². The number of benzene rings is 12. The van der Waals surface area contributed by atoms with Crippen LogP contribution in [0.1, 0.15) is 108 Å². The van der Waals surface area contributed by atoms with Gasteiger partial charge in [0.25, 0.3) is 7.37 Å². The lowest BCUT2D eigenvalue weighted by atomic mass is 9.70. The minimum absolute atomic E-state index is 0. The molecule has 0 saturated heterocycles. The fourth-order valence-corrected chi connectivity index (χ4v) is 16.4. The van der Waals surface area contributed by atoms with Crippen LogP contribution >= 0.6 is 15.0 Å². The summed E-state index contributed by atoms with van der Waals surface area (Å²) in [5, 5.41) is 60.2. The van der Waals surface area contributed by atoms with Gasteiger partial charge in [0.2, 0.25) is 5.12 Å². The van der Waals surface area contributed by atoms with Crippen LogP contribution in [0.2, 0.25) is 0 Å². The Hall–Kier alpha value is -10.6. The van der Waals surface area contributed by atoms with E-state index in [1.807, 2.05) is 183 Å². The fourth-order valence-electron chi connectivity index (χ4n) is 12.3. The quantitative estimate of drug-likeness (QED) is 0.0439. The van der Waals surface area contributed by atoms with Crippen molar-refractivity contribution in [3.05, 3.63) is 347 Å². The first-order chi connectivity index (χ1) is 45.1. The van der Waals surface area contributed by atoms with Crippen molar-refractivity contribution in [3.8, 4) is 51.4 Å². The highest BCUT2D eigenvalue weighted by Gasteiger charge is 2.54. The lowest BCUT2D eigenvalue weighted by Crippen LogP contribution is -2.34. The molecule has 3 unspecified atom stereocenters. The summed E-state index contributed by atoms with van der Waals surface area (Å²) in [6.07, 6.45) is 0. The minimum Gasteiger partial charge on any atom is -0.508 e. The monoisotopic (exact) mass is 1310 g/mol. The third-order valence-electron chi connectivity index (χ3n) is 18.3. The summed E-state index contributed by atoms with van der Waals surface area (Å²) in [7, 11) is -5.39. The van der Waals surface area contributed by atoms with Crippen LogP contribution in [0.15, 0.2) is 301 Å². The van der Waals surface area contributed by atoms with E-state index < -0.39 is 25.6 Å². The van der Waals surface area contributed by atoms with E-state index in [-0.39, 0.29) is 55.9 Å². The standard InChI is InChI=1S/C35H31O4P.C29H28O3.C12H8O2P.C6H6O.2CH4.H2/c1-34(2,25-16-20-28(36)21-17-25)24-12-14-26(15-13-24)35(3,27-18-22-29(37)23-19-27)40(38)33-11-7-5-9-31(33)30-8-4-6-10-32(30)39-40;1-28(2,21-8-14-25(30)15-9-21)20-4-6-22(7-5-20)29(3,23-10-16-26(31)17-11-23)24-12-18-27(32)19-13-24;13-15-12-8-4-2-6-10(12)9-5-1-3-7-11(9)14-15;7-6-4-2-1-3-5-6;;;/h4-23,36-37H,1-3H3;4-19,30-32H,1-3H3;1-8H;1-5,7H;2*1H4;1H/q;;+1;;;;/i;;;;;;1+1. The summed E-state index contributed by atoms with van der Waals surface area (Å²) in [6.45, 7) is 12.8. The Labute approximate surface area is 565 Å². The van der Waals surface area contributed by atoms with Crippen molar-refractivity contribution in [2.75, 3.05) is 0 Å². The Morgan fingerprint density at radius 2 is 0.646 bits per heavy atom. The predicted octanol–water partition coefficient (Wildman–Crippen LogP) is 22.1. The summed E-state index contributed by atoms with van der Waals surface area (Å²) in [5.74, 6) is 2.02. The molecule has 1 aliphatic heterocycles. The summed E-state index contributed by atoms with van der Waals surface area (Å²) >= 11 is 0. The second kappa shape index (κ2) is 28.9. The molecular formula is C84H83O10P2+. The van der Waals surface area contributed by atoms with Crippen molar-refractivity contribution in [1.82, 2.24) is 0 Å². The van der Waals surface area contributed by atoms with Crippen LogP contribution in [0.5, 0.6) is 40.2 Å². The van der Waals surface area contributed by atoms with Crippen molar-refractivity contribution in [3.63, 3.8) is 0 Å². The van der Waals surface area contributed by atoms with E-state index in [4.69, 9.17) is 13.8 Å². The molecule has 12 heteroatoms. The van der Waals surface area contributed by atoms with Gasteiger partial charge in [-0.2, -0.15) is 0 Å². The molecule has 96 heavy (non-hydrogen) atoms. The molecule has 14 rings (SSSR count). The highest BCUT2D eigenvalue weighted by molar-refractivity contribution is 7.69. The molecule has 0 bridgehead atoms. The van der Waals surface area contributed by atoms with Gasteiger partial charge in [-0.3, -0.25) is 4.57 Å². The van der Waals surface area contributed by atoms with Gasteiger partial charge in [0.15, 0.2) is 5.58 Å². The molecule has 488 valence electrons. The predicted molar refractivity (Wildman–Crippen MR) is 394 cm³/mol. The molecular weight excluding hydrogens is 1230 g/mol. The maximum atomic E-state index is 15.6. The number of phenolic OH excluding ortho intramolecular Hbond substituents is 6. The van der Waals surface area contributed by atoms with Crippen molar-refractivity contribution in [1.29, 1.82) is 0 Å². The molecule has 0 aliphatic carbocycles. The molecule has 3 atom stereocenters. The van der Waals surface area contributed by atoms with E-state index in [2.05, 4.69) is 71.0 Å². The Kier molecular flexibility index (Phi) is 21.0. The average Bonchev–Trinajstić information content (AvgIpc) is 0.707. The van der Waals surface area contributed by atoms with Gasteiger partial charge >= 0.3 is 7.65 Å². The highest BCUT2D eigenvalue weighted by Crippen LogP contribution is 2.69. The SMILES string of the molecule is C.C.CC(C)(c1ccc(O)cc1)c1ccc(C(C)(c2ccc(O)cc2)P2(=O)Oc3ccccc3-c3ccccc32)cc1.CC(C)(c1ccc(O)cc1)c1ccc(C(C)(c2ccc(O)cc2)c2ccc(O)cc2)cc1.O=[p+]1oc2ccccc2c2ccccc21.Oc1ccccc1.[2HH]. The minimum atomic E-state index is -3.65. The summed E-state index contributed by atoms with van der Waals surface area (Å²) in [6, 6.07) is 92.5. The van der Waals surface area contributed by atoms with Gasteiger partial charge in [-0.15, -0.1) is 0 Å². The lowest BCUT2D eigenvalue weighted by molar-refractivity contribution is 0.461. The van der Waals surface area contributed by atoms with Crippen molar-refractivity contribution >= 4 is 41.8 Å². The number of para-hydroxylation sites is 3. The molecule has 1 aromatic heterocycles. The zero-order valence-corrected chi connectivity index (χ0v) is 54.8. The van der Waals surface area contributed by atoms with Crippen LogP contribution in [0, 0.1) is 0 Å². The normalized spacial score (nSPS) is 13.9. The van der Waals surface area contributed by atoms with E-state index in [0.717, 1.165) is 71.5 Å². The molecule has 0 saturated carbocycles. The molecule has 6 N–H and O–H groups in total. The molecule has 0 fully saturated rings. The van der Waals surface area contributed by atoms with Crippen LogP contribution in [0.4, 0.5) is 0 Å². The molecule has 2 heterocycles. The second-order valence-electron chi connectivity index (χ2n) is 24.7. The van der Waals surface area contributed by atoms with Gasteiger partial charge in [0, 0.05) is 34.0 Å². The third-order valence-corrected chi connectivity index (χ3v) is 22.6. The van der Waals surface area contributed by atoms with E-state index in [1.54, 1.807) is 84.9 Å². The number of hydrogen-bond acceptors (Lipinski definition) is 10. The Morgan fingerprint density at radius 1 is 0.333 bits per heavy atom. The molecule has 10 nitrogen and oxygen atoms in total.